The maximum atomic E-state index is 13.9. The number of benzene rings is 1. The van der Waals surface area contributed by atoms with Crippen molar-refractivity contribution in [1.82, 2.24) is 19.8 Å². The molecule has 1 saturated heterocycles. The third kappa shape index (κ3) is 4.73. The number of amides is 2. The molecule has 10 heteroatoms. The van der Waals surface area contributed by atoms with Gasteiger partial charge in [-0.3, -0.25) is 0 Å². The zero-order chi connectivity index (χ0) is 22.0. The standard InChI is InChI=1S/C21H25ClFN5O3/c1-13(14-3-2-4-15(9-14)17(23)12-29)24-19-16-10-28(11-18(16)25-20(22)26-19)21(30)27-5-7-31-8-6-27/h2-4,9,13,17,29H,5-8,10-12H2,1H3,(H,24,25,26)/t13-,17?/m1/s1. The summed E-state index contributed by atoms with van der Waals surface area (Å²) in [5, 5.41) is 12.5. The summed E-state index contributed by atoms with van der Waals surface area (Å²) in [6.45, 7) is 4.34. The number of urea groups is 1. The van der Waals surface area contributed by atoms with E-state index in [-0.39, 0.29) is 17.4 Å². The van der Waals surface area contributed by atoms with Gasteiger partial charge in [0, 0.05) is 24.7 Å². The Morgan fingerprint density at radius 3 is 2.74 bits per heavy atom. The molecule has 0 saturated carbocycles. The first kappa shape index (κ1) is 21.7. The van der Waals surface area contributed by atoms with E-state index in [1.165, 1.54) is 0 Å². The second-order valence-electron chi connectivity index (χ2n) is 7.69. The lowest BCUT2D eigenvalue weighted by Gasteiger charge is -2.30. The van der Waals surface area contributed by atoms with Gasteiger partial charge in [0.1, 0.15) is 12.0 Å². The maximum absolute atomic E-state index is 13.9. The van der Waals surface area contributed by atoms with Gasteiger partial charge in [-0.25, -0.2) is 19.2 Å². The highest BCUT2D eigenvalue weighted by molar-refractivity contribution is 6.28. The zero-order valence-corrected chi connectivity index (χ0v) is 18.0. The number of aromatic nitrogens is 2. The molecule has 2 aromatic rings. The molecule has 1 fully saturated rings. The lowest BCUT2D eigenvalue weighted by molar-refractivity contribution is 0.0429. The molecule has 2 aliphatic rings. The topological polar surface area (TPSA) is 90.8 Å². The fourth-order valence-electron chi connectivity index (χ4n) is 3.85. The fourth-order valence-corrected chi connectivity index (χ4v) is 4.04. The van der Waals surface area contributed by atoms with Crippen molar-refractivity contribution < 1.29 is 19.0 Å². The Kier molecular flexibility index (Phi) is 6.54. The summed E-state index contributed by atoms with van der Waals surface area (Å²) in [4.78, 5) is 25.1. The lowest BCUT2D eigenvalue weighted by Crippen LogP contribution is -2.46. The monoisotopic (exact) mass is 449 g/mol. The van der Waals surface area contributed by atoms with Crippen LogP contribution in [0.4, 0.5) is 15.0 Å². The number of fused-ring (bicyclic) bond motifs is 1. The Morgan fingerprint density at radius 1 is 1.26 bits per heavy atom. The number of aliphatic hydroxyl groups excluding tert-OH is 1. The Bertz CT molecular complexity index is 957. The molecule has 0 bridgehead atoms. The molecule has 0 radical (unpaired) electrons. The van der Waals surface area contributed by atoms with E-state index < -0.39 is 12.8 Å². The molecule has 2 amide bonds. The molecule has 2 N–H and O–H groups in total. The number of carbonyl (C=O) groups is 1. The van der Waals surface area contributed by atoms with Crippen LogP contribution in [-0.2, 0) is 17.8 Å². The number of alkyl halides is 1. The highest BCUT2D eigenvalue weighted by atomic mass is 35.5. The average molecular weight is 450 g/mol. The number of aliphatic hydroxyl groups is 1. The van der Waals surface area contributed by atoms with Crippen molar-refractivity contribution in [3.8, 4) is 0 Å². The molecule has 1 unspecified atom stereocenters. The van der Waals surface area contributed by atoms with Gasteiger partial charge in [-0.1, -0.05) is 24.3 Å². The molecule has 1 aromatic heterocycles. The minimum Gasteiger partial charge on any atom is -0.393 e. The highest BCUT2D eigenvalue weighted by Gasteiger charge is 2.32. The van der Waals surface area contributed by atoms with Crippen molar-refractivity contribution in [3.05, 3.63) is 51.9 Å². The van der Waals surface area contributed by atoms with E-state index in [9.17, 15) is 9.18 Å². The average Bonchev–Trinajstić information content (AvgIpc) is 3.22. The number of halogens is 2. The van der Waals surface area contributed by atoms with E-state index in [1.807, 2.05) is 13.0 Å². The Labute approximate surface area is 185 Å². The molecule has 0 aliphatic carbocycles. The van der Waals surface area contributed by atoms with E-state index in [0.717, 1.165) is 11.1 Å². The fraction of sp³-hybridized carbons (Fsp3) is 0.476. The molecule has 8 nitrogen and oxygen atoms in total. The number of anilines is 1. The molecular weight excluding hydrogens is 425 g/mol. The molecular formula is C21H25ClFN5O3. The molecule has 166 valence electrons. The first-order valence-electron chi connectivity index (χ1n) is 10.2. The van der Waals surface area contributed by atoms with Crippen molar-refractivity contribution in [2.24, 2.45) is 0 Å². The first-order valence-corrected chi connectivity index (χ1v) is 10.6. The van der Waals surface area contributed by atoms with E-state index >= 15 is 0 Å². The lowest BCUT2D eigenvalue weighted by atomic mass is 10.0. The van der Waals surface area contributed by atoms with Gasteiger partial charge in [-0.15, -0.1) is 0 Å². The van der Waals surface area contributed by atoms with Gasteiger partial charge in [0.25, 0.3) is 0 Å². The first-order chi connectivity index (χ1) is 15.0. The van der Waals surface area contributed by atoms with Crippen LogP contribution >= 0.6 is 11.6 Å². The maximum Gasteiger partial charge on any atom is 0.320 e. The number of nitrogens with zero attached hydrogens (tertiary/aromatic N) is 4. The number of ether oxygens (including phenoxy) is 1. The van der Waals surface area contributed by atoms with E-state index in [4.69, 9.17) is 21.4 Å². The summed E-state index contributed by atoms with van der Waals surface area (Å²) >= 11 is 6.15. The smallest absolute Gasteiger partial charge is 0.320 e. The third-order valence-corrected chi connectivity index (χ3v) is 5.76. The Balaban J connectivity index is 1.52. The molecule has 1 aromatic carbocycles. The van der Waals surface area contributed by atoms with E-state index in [2.05, 4.69) is 15.3 Å². The van der Waals surface area contributed by atoms with Crippen LogP contribution in [-0.4, -0.2) is 63.8 Å². The summed E-state index contributed by atoms with van der Waals surface area (Å²) in [5.74, 6) is 0.559. The van der Waals surface area contributed by atoms with Gasteiger partial charge in [-0.2, -0.15) is 0 Å². The van der Waals surface area contributed by atoms with Crippen LogP contribution in [0, 0.1) is 0 Å². The van der Waals surface area contributed by atoms with Gasteiger partial charge < -0.3 is 25.0 Å². The van der Waals surface area contributed by atoms with Gasteiger partial charge in [0.05, 0.1) is 38.6 Å². The molecule has 2 aliphatic heterocycles. The summed E-state index contributed by atoms with van der Waals surface area (Å²) in [6, 6.07) is 6.74. The van der Waals surface area contributed by atoms with Crippen molar-refractivity contribution >= 4 is 23.4 Å². The van der Waals surface area contributed by atoms with Crippen molar-refractivity contribution in [3.63, 3.8) is 0 Å². The number of hydrogen-bond donors (Lipinski definition) is 2. The number of carbonyl (C=O) groups excluding carboxylic acids is 1. The molecule has 31 heavy (non-hydrogen) atoms. The molecule has 2 atom stereocenters. The van der Waals surface area contributed by atoms with Crippen molar-refractivity contribution in [2.75, 3.05) is 38.2 Å². The summed E-state index contributed by atoms with van der Waals surface area (Å²) in [7, 11) is 0. The van der Waals surface area contributed by atoms with Gasteiger partial charge in [0.15, 0.2) is 0 Å². The zero-order valence-electron chi connectivity index (χ0n) is 17.2. The normalized spacial score (nSPS) is 17.9. The SMILES string of the molecule is C[C@@H](Nc1nc(Cl)nc2c1CN(C(=O)N1CCOCC1)C2)c1cccc(C(F)CO)c1. The predicted molar refractivity (Wildman–Crippen MR) is 113 cm³/mol. The number of morpholine rings is 1. The van der Waals surface area contributed by atoms with Gasteiger partial charge >= 0.3 is 6.03 Å². The molecule has 3 heterocycles. The quantitative estimate of drug-likeness (QED) is 0.682. The minimum absolute atomic E-state index is 0.0536. The Hall–Kier alpha value is -2.49. The van der Waals surface area contributed by atoms with Crippen LogP contribution in [0.2, 0.25) is 5.28 Å². The van der Waals surface area contributed by atoms with Gasteiger partial charge in [-0.05, 0) is 29.7 Å². The second-order valence-corrected chi connectivity index (χ2v) is 8.03. The third-order valence-electron chi connectivity index (χ3n) is 5.59. The summed E-state index contributed by atoms with van der Waals surface area (Å²) in [5.41, 5.74) is 2.81. The predicted octanol–water partition coefficient (Wildman–Crippen LogP) is 3.07. The number of rotatable bonds is 5. The largest absolute Gasteiger partial charge is 0.393 e. The van der Waals surface area contributed by atoms with Gasteiger partial charge in [0.2, 0.25) is 5.28 Å². The van der Waals surface area contributed by atoms with Crippen molar-refractivity contribution in [1.29, 1.82) is 0 Å². The molecule has 0 spiro atoms. The van der Waals surface area contributed by atoms with Crippen LogP contribution < -0.4 is 5.32 Å². The van der Waals surface area contributed by atoms with E-state index in [0.29, 0.717) is 56.5 Å². The van der Waals surface area contributed by atoms with E-state index in [1.54, 1.807) is 28.0 Å². The van der Waals surface area contributed by atoms with Crippen LogP contribution in [0.1, 0.15) is 41.5 Å². The number of nitrogens with one attached hydrogen (secondary N) is 1. The summed E-state index contributed by atoms with van der Waals surface area (Å²) < 4.78 is 19.2. The number of hydrogen-bond acceptors (Lipinski definition) is 6. The van der Waals surface area contributed by atoms with Crippen molar-refractivity contribution in [2.45, 2.75) is 32.2 Å². The van der Waals surface area contributed by atoms with Crippen LogP contribution in [0.3, 0.4) is 0 Å². The van der Waals surface area contributed by atoms with Crippen LogP contribution in [0.5, 0.6) is 0 Å². The molecule has 4 rings (SSSR count). The minimum atomic E-state index is -1.43. The van der Waals surface area contributed by atoms with Crippen LogP contribution in [0.25, 0.3) is 0 Å². The Morgan fingerprint density at radius 2 is 2.00 bits per heavy atom. The van der Waals surface area contributed by atoms with Crippen LogP contribution in [0.15, 0.2) is 24.3 Å². The summed E-state index contributed by atoms with van der Waals surface area (Å²) in [6.07, 6.45) is -1.43. The second kappa shape index (κ2) is 9.33. The highest BCUT2D eigenvalue weighted by Crippen LogP contribution is 2.31.